The second-order valence-electron chi connectivity index (χ2n) is 4.23. The molecule has 0 aromatic heterocycles. The van der Waals surface area contributed by atoms with Crippen molar-refractivity contribution in [3.63, 3.8) is 0 Å². The Balaban J connectivity index is 0.00000162. The molecule has 0 saturated heterocycles. The molecule has 0 fully saturated rings. The van der Waals surface area contributed by atoms with Crippen LogP contribution in [-0.4, -0.2) is 18.1 Å². The number of benzene rings is 1. The van der Waals surface area contributed by atoms with Crippen molar-refractivity contribution >= 4 is 18.2 Å². The van der Waals surface area contributed by atoms with Gasteiger partial charge < -0.3 is 5.73 Å². The molecule has 1 aliphatic rings. The number of alkyl halides is 3. The molecule has 1 aliphatic heterocycles. The van der Waals surface area contributed by atoms with E-state index in [9.17, 15) is 13.2 Å². The van der Waals surface area contributed by atoms with Gasteiger partial charge in [-0.05, 0) is 12.0 Å². The number of amidine groups is 1. The number of hydrogen-bond acceptors (Lipinski definition) is 2. The summed E-state index contributed by atoms with van der Waals surface area (Å²) in [5.74, 6) is -1.34. The summed E-state index contributed by atoms with van der Waals surface area (Å²) >= 11 is 0. The van der Waals surface area contributed by atoms with Crippen LogP contribution in [0, 0.1) is 5.92 Å². The Hall–Kier alpha value is -1.23. The van der Waals surface area contributed by atoms with Crippen LogP contribution in [0.5, 0.6) is 0 Å². The van der Waals surface area contributed by atoms with E-state index in [0.717, 1.165) is 5.56 Å². The van der Waals surface area contributed by atoms with Crippen molar-refractivity contribution in [2.45, 2.75) is 25.1 Å². The Labute approximate surface area is 110 Å². The van der Waals surface area contributed by atoms with E-state index < -0.39 is 18.1 Å². The van der Waals surface area contributed by atoms with Crippen molar-refractivity contribution < 1.29 is 13.2 Å². The molecule has 2 nitrogen and oxygen atoms in total. The van der Waals surface area contributed by atoms with Crippen LogP contribution < -0.4 is 5.73 Å². The van der Waals surface area contributed by atoms with Crippen molar-refractivity contribution in [2.24, 2.45) is 16.6 Å². The predicted octanol–water partition coefficient (Wildman–Crippen LogP) is 2.96. The number of rotatable bonds is 2. The lowest BCUT2D eigenvalue weighted by Crippen LogP contribution is -2.32. The standard InChI is InChI=1S/C12H13F3N2.ClH/c13-12(14,15)9-7-11(16)17-10(9)6-8-4-2-1-3-5-8;/h1-5,9-10H,6-7H2,(H2,16,17);1H. The molecule has 1 aromatic carbocycles. The first kappa shape index (κ1) is 14.8. The summed E-state index contributed by atoms with van der Waals surface area (Å²) in [5.41, 5.74) is 6.27. The van der Waals surface area contributed by atoms with Crippen molar-refractivity contribution in [1.82, 2.24) is 0 Å². The van der Waals surface area contributed by atoms with Crippen molar-refractivity contribution in [2.75, 3.05) is 0 Å². The van der Waals surface area contributed by atoms with E-state index >= 15 is 0 Å². The molecule has 0 spiro atoms. The molecule has 6 heteroatoms. The van der Waals surface area contributed by atoms with E-state index in [1.54, 1.807) is 24.3 Å². The summed E-state index contributed by atoms with van der Waals surface area (Å²) in [5, 5.41) is 0. The number of halogens is 4. The lowest BCUT2D eigenvalue weighted by molar-refractivity contribution is -0.175. The first-order chi connectivity index (χ1) is 7.97. The van der Waals surface area contributed by atoms with Gasteiger partial charge in [-0.3, -0.25) is 4.99 Å². The van der Waals surface area contributed by atoms with Crippen LogP contribution in [0.15, 0.2) is 35.3 Å². The van der Waals surface area contributed by atoms with Gasteiger partial charge in [0.05, 0.1) is 17.8 Å². The quantitative estimate of drug-likeness (QED) is 0.887. The summed E-state index contributed by atoms with van der Waals surface area (Å²) in [6.45, 7) is 0. The third-order valence-corrected chi connectivity index (χ3v) is 2.93. The second kappa shape index (κ2) is 5.61. The Morgan fingerprint density at radius 1 is 1.22 bits per heavy atom. The number of hydrogen-bond donors (Lipinski definition) is 1. The fourth-order valence-corrected chi connectivity index (χ4v) is 2.09. The van der Waals surface area contributed by atoms with E-state index in [4.69, 9.17) is 5.73 Å². The highest BCUT2D eigenvalue weighted by Crippen LogP contribution is 2.37. The Kier molecular flexibility index (Phi) is 4.62. The van der Waals surface area contributed by atoms with Crippen LogP contribution in [-0.2, 0) is 6.42 Å². The Morgan fingerprint density at radius 2 is 1.83 bits per heavy atom. The molecule has 0 amide bonds. The molecule has 2 unspecified atom stereocenters. The van der Waals surface area contributed by atoms with Gasteiger partial charge in [0.25, 0.3) is 0 Å². The van der Waals surface area contributed by atoms with E-state index in [-0.39, 0.29) is 31.1 Å². The van der Waals surface area contributed by atoms with Crippen molar-refractivity contribution in [3.8, 4) is 0 Å². The number of nitrogens with zero attached hydrogens (tertiary/aromatic N) is 1. The van der Waals surface area contributed by atoms with E-state index in [2.05, 4.69) is 4.99 Å². The van der Waals surface area contributed by atoms with Gasteiger partial charge in [-0.1, -0.05) is 30.3 Å². The molecule has 100 valence electrons. The molecule has 18 heavy (non-hydrogen) atoms. The fraction of sp³-hybridized carbons (Fsp3) is 0.417. The summed E-state index contributed by atoms with van der Waals surface area (Å²) < 4.78 is 38.3. The highest BCUT2D eigenvalue weighted by molar-refractivity contribution is 5.85. The average Bonchev–Trinajstić information content (AvgIpc) is 2.60. The zero-order valence-electron chi connectivity index (χ0n) is 9.52. The Morgan fingerprint density at radius 3 is 2.39 bits per heavy atom. The van der Waals surface area contributed by atoms with Crippen LogP contribution in [0.2, 0.25) is 0 Å². The minimum absolute atomic E-state index is 0. The van der Waals surface area contributed by atoms with Gasteiger partial charge in [0.1, 0.15) is 0 Å². The zero-order chi connectivity index (χ0) is 12.5. The molecule has 1 heterocycles. The van der Waals surface area contributed by atoms with Gasteiger partial charge in [0, 0.05) is 6.42 Å². The third-order valence-electron chi connectivity index (χ3n) is 2.93. The molecule has 0 bridgehead atoms. The average molecular weight is 279 g/mol. The maximum absolute atomic E-state index is 12.8. The second-order valence-corrected chi connectivity index (χ2v) is 4.23. The van der Waals surface area contributed by atoms with Crippen LogP contribution in [0.25, 0.3) is 0 Å². The third kappa shape index (κ3) is 3.38. The van der Waals surface area contributed by atoms with Crippen molar-refractivity contribution in [3.05, 3.63) is 35.9 Å². The van der Waals surface area contributed by atoms with Gasteiger partial charge in [-0.2, -0.15) is 13.2 Å². The monoisotopic (exact) mass is 278 g/mol. The summed E-state index contributed by atoms with van der Waals surface area (Å²) in [7, 11) is 0. The fourth-order valence-electron chi connectivity index (χ4n) is 2.09. The zero-order valence-corrected chi connectivity index (χ0v) is 10.3. The summed E-state index contributed by atoms with van der Waals surface area (Å²) in [6, 6.07) is 8.27. The van der Waals surface area contributed by atoms with Gasteiger partial charge >= 0.3 is 6.18 Å². The van der Waals surface area contributed by atoms with E-state index in [0.29, 0.717) is 0 Å². The highest BCUT2D eigenvalue weighted by Gasteiger charge is 2.47. The molecule has 0 radical (unpaired) electrons. The molecule has 1 aromatic rings. The molecule has 2 rings (SSSR count). The first-order valence-corrected chi connectivity index (χ1v) is 5.39. The van der Waals surface area contributed by atoms with Crippen LogP contribution in [0.1, 0.15) is 12.0 Å². The predicted molar refractivity (Wildman–Crippen MR) is 67.0 cm³/mol. The van der Waals surface area contributed by atoms with Crippen LogP contribution in [0.4, 0.5) is 13.2 Å². The number of aliphatic imine (C=N–C) groups is 1. The van der Waals surface area contributed by atoms with E-state index in [1.807, 2.05) is 6.07 Å². The van der Waals surface area contributed by atoms with Crippen LogP contribution >= 0.6 is 12.4 Å². The maximum atomic E-state index is 12.8. The molecule has 0 aliphatic carbocycles. The molecular formula is C12H14ClF3N2. The van der Waals surface area contributed by atoms with E-state index in [1.165, 1.54) is 0 Å². The molecule has 0 saturated carbocycles. The Bertz CT molecular complexity index is 417. The van der Waals surface area contributed by atoms with Crippen LogP contribution in [0.3, 0.4) is 0 Å². The smallest absolute Gasteiger partial charge is 0.387 e. The minimum atomic E-state index is -4.23. The largest absolute Gasteiger partial charge is 0.394 e. The van der Waals surface area contributed by atoms with Gasteiger partial charge in [-0.25, -0.2) is 0 Å². The number of nitrogens with two attached hydrogens (primary N) is 1. The highest BCUT2D eigenvalue weighted by atomic mass is 35.5. The lowest BCUT2D eigenvalue weighted by Gasteiger charge is -2.20. The van der Waals surface area contributed by atoms with Gasteiger partial charge in [0.2, 0.25) is 0 Å². The van der Waals surface area contributed by atoms with Gasteiger partial charge in [0.15, 0.2) is 0 Å². The molecule has 2 N–H and O–H groups in total. The normalized spacial score (nSPS) is 23.4. The summed E-state index contributed by atoms with van der Waals surface area (Å²) in [4.78, 5) is 3.91. The van der Waals surface area contributed by atoms with Gasteiger partial charge in [-0.15, -0.1) is 12.4 Å². The maximum Gasteiger partial charge on any atom is 0.394 e. The first-order valence-electron chi connectivity index (χ1n) is 5.39. The minimum Gasteiger partial charge on any atom is -0.387 e. The SMILES string of the molecule is Cl.NC1=NC(Cc2ccccc2)C(C(F)(F)F)C1. The summed E-state index contributed by atoms with van der Waals surface area (Å²) in [6.07, 6.45) is -4.13. The lowest BCUT2D eigenvalue weighted by atomic mass is 9.93. The molecular weight excluding hydrogens is 265 g/mol. The molecule has 2 atom stereocenters. The van der Waals surface area contributed by atoms with Crippen molar-refractivity contribution in [1.29, 1.82) is 0 Å². The topological polar surface area (TPSA) is 38.4 Å².